The van der Waals surface area contributed by atoms with Crippen molar-refractivity contribution in [2.45, 2.75) is 31.2 Å². The van der Waals surface area contributed by atoms with Gasteiger partial charge >= 0.3 is 12.0 Å². The summed E-state index contributed by atoms with van der Waals surface area (Å²) in [5, 5.41) is 12.2. The summed E-state index contributed by atoms with van der Waals surface area (Å²) in [5.41, 5.74) is 1.64. The van der Waals surface area contributed by atoms with E-state index < -0.39 is 11.5 Å². The second-order valence-electron chi connectivity index (χ2n) is 8.23. The van der Waals surface area contributed by atoms with Gasteiger partial charge in [0.05, 0.1) is 17.6 Å². The van der Waals surface area contributed by atoms with Crippen molar-refractivity contribution < 1.29 is 24.2 Å². The Morgan fingerprint density at radius 1 is 0.909 bits per heavy atom. The Bertz CT molecular complexity index is 1140. The van der Waals surface area contributed by atoms with Crippen molar-refractivity contribution in [2.75, 3.05) is 7.11 Å². The highest BCUT2D eigenvalue weighted by molar-refractivity contribution is 7.98. The van der Waals surface area contributed by atoms with E-state index in [-0.39, 0.29) is 11.6 Å². The Balaban J connectivity index is 1.83. The van der Waals surface area contributed by atoms with Crippen LogP contribution >= 0.6 is 11.9 Å². The molecule has 0 bridgehead atoms. The molecule has 3 N–H and O–H groups in total. The fraction of sp³-hybridized carbons (Fsp3) is 0.200. The molecule has 0 saturated carbocycles. The molecule has 0 aliphatic carbocycles. The molecule has 0 atom stereocenters. The van der Waals surface area contributed by atoms with Crippen molar-refractivity contribution in [2.24, 2.45) is 0 Å². The molecule has 0 aromatic heterocycles. The largest absolute Gasteiger partial charge is 0.497 e. The van der Waals surface area contributed by atoms with Gasteiger partial charge < -0.3 is 19.9 Å². The minimum Gasteiger partial charge on any atom is -0.497 e. The standard InChI is InChI=1S/C25H26N2O5S/c1-25(2,3)26-24(30)27-33-22-15-18(23(28)29)10-13-21(22)32-20-7-5-6-17(14-20)16-8-11-19(31-4)12-9-16/h5-15H,1-4H3,(H,28,29)(H2,26,27,30). The minimum atomic E-state index is -1.07. The van der Waals surface area contributed by atoms with Crippen molar-refractivity contribution in [3.8, 4) is 28.4 Å². The molecule has 0 aliphatic heterocycles. The summed E-state index contributed by atoms with van der Waals surface area (Å²) in [5.74, 6) is 0.707. The summed E-state index contributed by atoms with van der Waals surface area (Å²) < 4.78 is 14.0. The zero-order valence-corrected chi connectivity index (χ0v) is 19.7. The molecule has 0 saturated heterocycles. The molecule has 3 aromatic rings. The number of nitrogens with one attached hydrogen (secondary N) is 2. The summed E-state index contributed by atoms with van der Waals surface area (Å²) in [6.07, 6.45) is 0. The number of aromatic carboxylic acids is 1. The third-order valence-corrected chi connectivity index (χ3v) is 5.24. The Labute approximate surface area is 197 Å². The zero-order chi connectivity index (χ0) is 24.0. The summed E-state index contributed by atoms with van der Waals surface area (Å²) in [6.45, 7) is 5.60. The Morgan fingerprint density at radius 2 is 1.64 bits per heavy atom. The minimum absolute atomic E-state index is 0.0925. The number of methoxy groups -OCH3 is 1. The number of carbonyl (C=O) groups excluding carboxylic acids is 1. The van der Waals surface area contributed by atoms with Crippen molar-refractivity contribution in [3.63, 3.8) is 0 Å². The van der Waals surface area contributed by atoms with E-state index in [1.807, 2.05) is 69.3 Å². The lowest BCUT2D eigenvalue weighted by molar-refractivity contribution is 0.0696. The van der Waals surface area contributed by atoms with Gasteiger partial charge in [-0.05, 0) is 86.3 Å². The first-order valence-corrected chi connectivity index (χ1v) is 11.0. The van der Waals surface area contributed by atoms with Crippen LogP contribution in [0.4, 0.5) is 4.79 Å². The van der Waals surface area contributed by atoms with E-state index in [4.69, 9.17) is 9.47 Å². The van der Waals surface area contributed by atoms with Crippen LogP contribution in [0.25, 0.3) is 11.1 Å². The van der Waals surface area contributed by atoms with Gasteiger partial charge in [-0.25, -0.2) is 9.59 Å². The predicted molar refractivity (Wildman–Crippen MR) is 129 cm³/mol. The highest BCUT2D eigenvalue weighted by Gasteiger charge is 2.16. The van der Waals surface area contributed by atoms with Gasteiger partial charge in [0, 0.05) is 5.54 Å². The van der Waals surface area contributed by atoms with Crippen LogP contribution in [0.2, 0.25) is 0 Å². The van der Waals surface area contributed by atoms with E-state index in [1.54, 1.807) is 13.2 Å². The molecule has 0 spiro atoms. The number of carbonyl (C=O) groups is 2. The fourth-order valence-electron chi connectivity index (χ4n) is 2.92. The van der Waals surface area contributed by atoms with Crippen LogP contribution < -0.4 is 19.5 Å². The molecular formula is C25H26N2O5S. The number of hydrogen-bond donors (Lipinski definition) is 3. The highest BCUT2D eigenvalue weighted by Crippen LogP contribution is 2.34. The third kappa shape index (κ3) is 6.92. The number of urea groups is 1. The molecule has 3 rings (SSSR count). The lowest BCUT2D eigenvalue weighted by Crippen LogP contribution is -2.44. The van der Waals surface area contributed by atoms with Gasteiger partial charge in [0.15, 0.2) is 0 Å². The number of ether oxygens (including phenoxy) is 2. The Kier molecular flexibility index (Phi) is 7.50. The van der Waals surface area contributed by atoms with Gasteiger partial charge in [-0.2, -0.15) is 0 Å². The molecular weight excluding hydrogens is 440 g/mol. The van der Waals surface area contributed by atoms with Gasteiger partial charge in [0.2, 0.25) is 0 Å². The van der Waals surface area contributed by atoms with Gasteiger partial charge in [-0.15, -0.1) is 0 Å². The highest BCUT2D eigenvalue weighted by atomic mass is 32.2. The Morgan fingerprint density at radius 3 is 2.27 bits per heavy atom. The third-order valence-electron chi connectivity index (χ3n) is 4.42. The fourth-order valence-corrected chi connectivity index (χ4v) is 3.57. The molecule has 172 valence electrons. The first-order valence-electron chi connectivity index (χ1n) is 10.2. The van der Waals surface area contributed by atoms with Gasteiger partial charge in [-0.3, -0.25) is 4.72 Å². The van der Waals surface area contributed by atoms with Crippen LogP contribution in [0.3, 0.4) is 0 Å². The van der Waals surface area contributed by atoms with E-state index in [2.05, 4.69) is 10.0 Å². The SMILES string of the molecule is COc1ccc(-c2cccc(Oc3ccc(C(=O)O)cc3SNC(=O)NC(C)(C)C)c2)cc1. The average Bonchev–Trinajstić information content (AvgIpc) is 2.77. The molecule has 7 nitrogen and oxygen atoms in total. The molecule has 33 heavy (non-hydrogen) atoms. The van der Waals surface area contributed by atoms with Crippen molar-refractivity contribution in [1.82, 2.24) is 10.0 Å². The number of carboxylic acid groups (broad SMARTS) is 1. The summed E-state index contributed by atoms with van der Waals surface area (Å²) in [7, 11) is 1.62. The van der Waals surface area contributed by atoms with Gasteiger partial charge in [0.1, 0.15) is 17.2 Å². The second kappa shape index (κ2) is 10.3. The van der Waals surface area contributed by atoms with Crippen LogP contribution in [0.1, 0.15) is 31.1 Å². The maximum absolute atomic E-state index is 12.2. The smallest absolute Gasteiger partial charge is 0.335 e. The monoisotopic (exact) mass is 466 g/mol. The summed E-state index contributed by atoms with van der Waals surface area (Å²) in [6, 6.07) is 19.4. The van der Waals surface area contributed by atoms with Crippen molar-refractivity contribution in [1.29, 1.82) is 0 Å². The van der Waals surface area contributed by atoms with Gasteiger partial charge in [0.25, 0.3) is 0 Å². The number of hydrogen-bond acceptors (Lipinski definition) is 5. The lowest BCUT2D eigenvalue weighted by atomic mass is 10.1. The normalized spacial score (nSPS) is 10.9. The van der Waals surface area contributed by atoms with E-state index in [1.165, 1.54) is 12.1 Å². The molecule has 8 heteroatoms. The quantitative estimate of drug-likeness (QED) is 0.372. The number of benzene rings is 3. The van der Waals surface area contributed by atoms with Crippen LogP contribution in [0, 0.1) is 0 Å². The average molecular weight is 467 g/mol. The molecule has 0 heterocycles. The summed E-state index contributed by atoms with van der Waals surface area (Å²) in [4.78, 5) is 24.1. The van der Waals surface area contributed by atoms with Gasteiger partial charge in [-0.1, -0.05) is 24.3 Å². The zero-order valence-electron chi connectivity index (χ0n) is 18.8. The topological polar surface area (TPSA) is 96.9 Å². The van der Waals surface area contributed by atoms with Crippen molar-refractivity contribution in [3.05, 3.63) is 72.3 Å². The molecule has 0 radical (unpaired) electrons. The lowest BCUT2D eigenvalue weighted by Gasteiger charge is -2.20. The van der Waals surface area contributed by atoms with Crippen LogP contribution in [-0.2, 0) is 0 Å². The maximum Gasteiger partial charge on any atom is 0.335 e. The maximum atomic E-state index is 12.2. The first-order chi connectivity index (χ1) is 15.6. The summed E-state index contributed by atoms with van der Waals surface area (Å²) >= 11 is 0.987. The van der Waals surface area contributed by atoms with E-state index in [9.17, 15) is 14.7 Å². The number of carboxylic acids is 1. The molecule has 0 aliphatic rings. The molecule has 2 amide bonds. The van der Waals surface area contributed by atoms with Crippen LogP contribution in [-0.4, -0.2) is 29.8 Å². The predicted octanol–water partition coefficient (Wildman–Crippen LogP) is 5.96. The van der Waals surface area contributed by atoms with E-state index >= 15 is 0 Å². The molecule has 0 fully saturated rings. The first kappa shape index (κ1) is 24.0. The van der Waals surface area contributed by atoms with E-state index in [0.29, 0.717) is 16.4 Å². The second-order valence-corrected chi connectivity index (χ2v) is 9.08. The van der Waals surface area contributed by atoms with Crippen LogP contribution in [0.15, 0.2) is 71.6 Å². The van der Waals surface area contributed by atoms with Crippen molar-refractivity contribution >= 4 is 23.9 Å². The molecule has 0 unspecified atom stereocenters. The number of amides is 2. The molecule has 3 aromatic carbocycles. The Hall–Kier alpha value is -3.65. The van der Waals surface area contributed by atoms with Crippen LogP contribution in [0.5, 0.6) is 17.2 Å². The van der Waals surface area contributed by atoms with E-state index in [0.717, 1.165) is 28.8 Å². The number of rotatable bonds is 7.